The minimum atomic E-state index is 0. The molecular weight excluding hydrogens is 2020 g/mol. The number of hydrogen-bond donors (Lipinski definition) is 0. The van der Waals surface area contributed by atoms with Gasteiger partial charge in [-0.3, -0.25) is 21.3 Å². The van der Waals surface area contributed by atoms with Gasteiger partial charge in [-0.15, -0.1) is 198 Å². The van der Waals surface area contributed by atoms with E-state index in [0.29, 0.717) is 0 Å². The first-order valence-corrected chi connectivity index (χ1v) is 39.5. The van der Waals surface area contributed by atoms with Gasteiger partial charge in [-0.2, -0.15) is 71.7 Å². The first-order valence-electron chi connectivity index (χ1n) is 38.7. The van der Waals surface area contributed by atoms with E-state index in [2.05, 4.69) is 316 Å². The van der Waals surface area contributed by atoms with Crippen LogP contribution in [-0.4, -0.2) is 33.2 Å². The SMILES string of the molecule is Cc1[c-]n(-c2[c-]c3c(cc2)c2ccccc2n3-c2ccc3c4ccccc4n(-c4[c-]cccc4)c3n2)c(C)c1.[Au+3].[Au+3].[Au+3].[c-]1ccccc1-c1ccc2c3ccccc3n(-c3[c-]c4c(cc3)-c3ccccc3C4c3[c-]sc4ccccc34)c2n1.[c-]1ccccc1-c1cccc(N2c3[c-]c4c(-c5[c-]cccc5)cccc4cc3Oc3ccccc32)n1. The van der Waals surface area contributed by atoms with Gasteiger partial charge in [0.25, 0.3) is 0 Å². The normalized spacial score (nSPS) is 12.4. The molecule has 9 heterocycles. The summed E-state index contributed by atoms with van der Waals surface area (Å²) in [5.41, 5.74) is 25.2. The molecule has 0 amide bonds. The molecule has 119 heavy (non-hydrogen) atoms. The predicted octanol–water partition coefficient (Wildman–Crippen LogP) is 26.2. The van der Waals surface area contributed by atoms with Crippen molar-refractivity contribution in [2.24, 2.45) is 0 Å². The third-order valence-corrected chi connectivity index (χ3v) is 23.1. The van der Waals surface area contributed by atoms with Gasteiger partial charge in [0.2, 0.25) is 0 Å². The standard InChI is InChI=1S/C38H21N2S.C35H23N4.C33H19N2O.3Au/c1-2-10-24(11-3-1)34-21-20-31-28-13-6-8-16-35(28)40(38(31)39-34)25-18-19-27-26-12-4-5-15-30(26)37(32(27)22-25)33-23-41-36-17-9-7-14-29(33)36;1-23-20-24(2)37(22-23)26-16-17-29-27-12-6-9-15-32(27)39(33(29)21-26)34-19-18-30-28-13-7-8-14-31(28)38(35(30)36-34)25-10-4-3-5-11-25;1-3-11-23(12-4-1)26-16-9-15-25-21-32-30(22-27(25)26)35(29-18-7-8-19-31(29)36-32)33-20-10-17-28(34-33)24-13-5-2-6-14-24;;;/h1-10,12-21,37H;3-10,12-20H,1-2H3;1-11,13,15-21H;;;/q3*-3;3*+3. The molecule has 0 fully saturated rings. The monoisotopic (exact) mass is 2090 g/mol. The summed E-state index contributed by atoms with van der Waals surface area (Å²) >= 11 is 1.70. The summed E-state index contributed by atoms with van der Waals surface area (Å²) in [6, 6.07) is 142. The van der Waals surface area contributed by atoms with Crippen LogP contribution in [0.2, 0.25) is 0 Å². The van der Waals surface area contributed by atoms with Crippen LogP contribution in [0, 0.1) is 67.9 Å². The van der Waals surface area contributed by atoms with Gasteiger partial charge in [0, 0.05) is 32.7 Å². The summed E-state index contributed by atoms with van der Waals surface area (Å²) in [5, 5.41) is 14.0. The molecule has 0 bridgehead atoms. The van der Waals surface area contributed by atoms with Crippen LogP contribution in [-0.2, 0) is 67.1 Å². The van der Waals surface area contributed by atoms with E-state index in [1.165, 1.54) is 54.1 Å². The molecule has 1 unspecified atom stereocenters. The van der Waals surface area contributed by atoms with Crippen molar-refractivity contribution in [3.8, 4) is 79.1 Å². The van der Waals surface area contributed by atoms with E-state index in [0.717, 1.165) is 157 Å². The van der Waals surface area contributed by atoms with Crippen LogP contribution in [0.5, 0.6) is 11.5 Å². The van der Waals surface area contributed by atoms with Gasteiger partial charge in [0.1, 0.15) is 28.7 Å². The molecule has 13 heteroatoms. The smallest absolute Gasteiger partial charge is 0.497 e. The molecule has 2 aliphatic rings. The fourth-order valence-electron chi connectivity index (χ4n) is 17.1. The van der Waals surface area contributed by atoms with Gasteiger partial charge in [-0.1, -0.05) is 194 Å². The number of aryl methyl sites for hydroxylation is 2. The number of benzene rings is 14. The van der Waals surface area contributed by atoms with E-state index < -0.39 is 0 Å². The van der Waals surface area contributed by atoms with Crippen molar-refractivity contribution in [1.29, 1.82) is 0 Å². The Labute approximate surface area is 738 Å². The molecule has 1 aliphatic heterocycles. The van der Waals surface area contributed by atoms with Gasteiger partial charge < -0.3 is 27.9 Å². The molecule has 22 aromatic rings. The van der Waals surface area contributed by atoms with E-state index in [-0.39, 0.29) is 73.1 Å². The molecule has 0 saturated carbocycles. The van der Waals surface area contributed by atoms with Gasteiger partial charge in [-0.05, 0) is 76.8 Å². The number of fused-ring (bicyclic) bond motifs is 16. The molecule has 0 saturated heterocycles. The quantitative estimate of drug-likeness (QED) is 0.106. The predicted molar refractivity (Wildman–Crippen MR) is 471 cm³/mol. The van der Waals surface area contributed by atoms with Crippen LogP contribution in [0.4, 0.5) is 17.2 Å². The first kappa shape index (κ1) is 76.2. The Kier molecular flexibility index (Phi) is 20.5. The Hall–Kier alpha value is -12.7. The molecule has 8 aromatic heterocycles. The topological polar surface area (TPSA) is 70.9 Å². The zero-order valence-corrected chi connectivity index (χ0v) is 71.0. The first-order chi connectivity index (χ1) is 57.4. The van der Waals surface area contributed by atoms with Crippen LogP contribution in [0.1, 0.15) is 33.9 Å². The molecule has 9 nitrogen and oxygen atoms in total. The fraction of sp³-hybridized carbons (Fsp3) is 0.0283. The van der Waals surface area contributed by atoms with Crippen molar-refractivity contribution in [2.45, 2.75) is 19.8 Å². The number of pyridine rings is 3. The largest absolute Gasteiger partial charge is 3.00 e. The minimum absolute atomic E-state index is 0. The van der Waals surface area contributed by atoms with E-state index >= 15 is 0 Å². The number of nitrogens with zero attached hydrogens (tertiary/aromatic N) is 8. The molecule has 14 aromatic carbocycles. The second-order valence-corrected chi connectivity index (χ2v) is 30.0. The molecule has 24 rings (SSSR count). The van der Waals surface area contributed by atoms with E-state index in [1.807, 2.05) is 115 Å². The van der Waals surface area contributed by atoms with Crippen molar-refractivity contribution in [3.05, 3.63) is 422 Å². The van der Waals surface area contributed by atoms with Crippen LogP contribution in [0.25, 0.3) is 154 Å². The summed E-state index contributed by atoms with van der Waals surface area (Å²) < 4.78 is 16.4. The number of anilines is 3. The van der Waals surface area contributed by atoms with Gasteiger partial charge >= 0.3 is 67.1 Å². The van der Waals surface area contributed by atoms with Crippen LogP contribution >= 0.6 is 11.3 Å². The number of aromatic nitrogens is 7. The summed E-state index contributed by atoms with van der Waals surface area (Å²) in [6.45, 7) is 4.17. The maximum Gasteiger partial charge on any atom is 3.00 e. The Balaban J connectivity index is 0.000000117. The van der Waals surface area contributed by atoms with Crippen LogP contribution in [0.15, 0.2) is 340 Å². The van der Waals surface area contributed by atoms with E-state index in [4.69, 9.17) is 19.7 Å². The van der Waals surface area contributed by atoms with Gasteiger partial charge in [-0.25, -0.2) is 4.98 Å². The van der Waals surface area contributed by atoms with Crippen molar-refractivity contribution in [1.82, 2.24) is 33.2 Å². The van der Waals surface area contributed by atoms with Crippen LogP contribution in [0.3, 0.4) is 0 Å². The maximum atomic E-state index is 6.38. The summed E-state index contributed by atoms with van der Waals surface area (Å²) in [7, 11) is 0. The summed E-state index contributed by atoms with van der Waals surface area (Å²) in [6.07, 6.45) is 3.44. The van der Waals surface area contributed by atoms with Crippen molar-refractivity contribution >= 4 is 115 Å². The molecule has 0 spiro atoms. The van der Waals surface area contributed by atoms with Crippen LogP contribution < -0.4 is 9.64 Å². The number of rotatable bonds is 9. The maximum absolute atomic E-state index is 6.38. The zero-order valence-electron chi connectivity index (χ0n) is 63.7. The summed E-state index contributed by atoms with van der Waals surface area (Å²) in [5.74, 6) is 3.25. The second-order valence-electron chi connectivity index (χ2n) is 29.1. The van der Waals surface area contributed by atoms with E-state index in [1.54, 1.807) is 11.3 Å². The van der Waals surface area contributed by atoms with Crippen molar-refractivity contribution < 1.29 is 71.9 Å². The molecule has 0 radical (unpaired) electrons. The van der Waals surface area contributed by atoms with Crippen molar-refractivity contribution in [3.63, 3.8) is 0 Å². The average molecular weight is 2090 g/mol. The number of hydrogen-bond acceptors (Lipinski definition) is 6. The number of para-hydroxylation sites is 6. The molecule has 1 atom stereocenters. The zero-order chi connectivity index (χ0) is 76.9. The third-order valence-electron chi connectivity index (χ3n) is 22.2. The second kappa shape index (κ2) is 31.9. The third kappa shape index (κ3) is 13.3. The average Bonchev–Trinajstić information content (AvgIpc) is 1.34. The molecule has 1 aliphatic carbocycles. The Morgan fingerprint density at radius 3 is 1.68 bits per heavy atom. The minimum Gasteiger partial charge on any atom is -0.497 e. The van der Waals surface area contributed by atoms with Gasteiger partial charge in [0.05, 0.1) is 22.5 Å². The Morgan fingerprint density at radius 2 is 0.966 bits per heavy atom. The fourth-order valence-corrected chi connectivity index (χ4v) is 18.0. The molecular formula is C106H63Au3N8OS. The van der Waals surface area contributed by atoms with Crippen molar-refractivity contribution in [2.75, 3.05) is 4.90 Å². The molecule has 572 valence electrons. The Bertz CT molecular complexity index is 7620. The number of thiophene rings is 1. The number of ether oxygens (including phenoxy) is 1. The summed E-state index contributed by atoms with van der Waals surface area (Å²) in [4.78, 5) is 17.7. The van der Waals surface area contributed by atoms with E-state index in [9.17, 15) is 0 Å². The van der Waals surface area contributed by atoms with Gasteiger partial charge in [0.15, 0.2) is 0 Å². The molecule has 0 N–H and O–H groups in total. The Morgan fingerprint density at radius 1 is 0.378 bits per heavy atom.